The standard InChI is InChI=1S/C18H26N4O5S2/c1-14-12-16(6-7-17(14)27-4)28(23,24)21-8-5-9-22(11-10-21)29(25,26)18-13-20(3)15(2)19-18/h6-7,12-13H,5,8-11H2,1-4H3. The van der Waals surface area contributed by atoms with Crippen LogP contribution in [0.5, 0.6) is 5.75 Å². The maximum Gasteiger partial charge on any atom is 0.262 e. The molecular formula is C18H26N4O5S2. The fourth-order valence-electron chi connectivity index (χ4n) is 3.29. The Hall–Kier alpha value is -1.95. The first-order valence-corrected chi connectivity index (χ1v) is 12.1. The first-order chi connectivity index (χ1) is 13.6. The third-order valence-electron chi connectivity index (χ3n) is 5.11. The second-order valence-corrected chi connectivity index (χ2v) is 10.9. The summed E-state index contributed by atoms with van der Waals surface area (Å²) < 4.78 is 61.5. The van der Waals surface area contributed by atoms with Gasteiger partial charge in [0.15, 0.2) is 5.03 Å². The molecule has 1 aromatic heterocycles. The second-order valence-electron chi connectivity index (χ2n) is 7.03. The molecule has 2 aromatic rings. The molecule has 0 bridgehead atoms. The van der Waals surface area contributed by atoms with E-state index in [9.17, 15) is 16.8 Å². The second kappa shape index (κ2) is 8.05. The van der Waals surface area contributed by atoms with Gasteiger partial charge in [-0.2, -0.15) is 8.61 Å². The topological polar surface area (TPSA) is 102 Å². The summed E-state index contributed by atoms with van der Waals surface area (Å²) >= 11 is 0. The van der Waals surface area contributed by atoms with Crippen molar-refractivity contribution in [1.82, 2.24) is 18.2 Å². The molecule has 0 radical (unpaired) electrons. The van der Waals surface area contributed by atoms with Gasteiger partial charge in [0, 0.05) is 39.4 Å². The predicted molar refractivity (Wildman–Crippen MR) is 108 cm³/mol. The molecule has 0 atom stereocenters. The molecular weight excluding hydrogens is 416 g/mol. The molecule has 0 aliphatic carbocycles. The Morgan fingerprint density at radius 1 is 0.966 bits per heavy atom. The maximum absolute atomic E-state index is 13.1. The van der Waals surface area contributed by atoms with Crippen molar-refractivity contribution in [1.29, 1.82) is 0 Å². The average Bonchev–Trinajstić information content (AvgIpc) is 2.87. The zero-order valence-electron chi connectivity index (χ0n) is 17.0. The molecule has 29 heavy (non-hydrogen) atoms. The fourth-order valence-corrected chi connectivity index (χ4v) is 6.34. The fraction of sp³-hybridized carbons (Fsp3) is 0.500. The first kappa shape index (κ1) is 21.8. The summed E-state index contributed by atoms with van der Waals surface area (Å²) in [6.45, 7) is 4.16. The van der Waals surface area contributed by atoms with E-state index in [0.717, 1.165) is 5.56 Å². The normalized spacial score (nSPS) is 17.2. The average molecular weight is 443 g/mol. The number of methoxy groups -OCH3 is 1. The number of aryl methyl sites for hydroxylation is 3. The highest BCUT2D eigenvalue weighted by molar-refractivity contribution is 7.89. The van der Waals surface area contributed by atoms with Crippen LogP contribution in [0.15, 0.2) is 34.3 Å². The van der Waals surface area contributed by atoms with Crippen molar-refractivity contribution in [3.05, 3.63) is 35.8 Å². The molecule has 2 heterocycles. The van der Waals surface area contributed by atoms with Crippen molar-refractivity contribution < 1.29 is 21.6 Å². The highest BCUT2D eigenvalue weighted by atomic mass is 32.2. The lowest BCUT2D eigenvalue weighted by atomic mass is 10.2. The summed E-state index contributed by atoms with van der Waals surface area (Å²) in [5, 5.41) is -0.0143. The number of hydrogen-bond donors (Lipinski definition) is 0. The molecule has 1 aliphatic heterocycles. The molecule has 0 amide bonds. The summed E-state index contributed by atoms with van der Waals surface area (Å²) in [7, 11) is -4.24. The van der Waals surface area contributed by atoms with E-state index in [-0.39, 0.29) is 36.1 Å². The van der Waals surface area contributed by atoms with Crippen molar-refractivity contribution in [2.75, 3.05) is 33.3 Å². The molecule has 160 valence electrons. The third-order valence-corrected chi connectivity index (χ3v) is 8.77. The number of hydrogen-bond acceptors (Lipinski definition) is 6. The SMILES string of the molecule is COc1ccc(S(=O)(=O)N2CCCN(S(=O)(=O)c3cn(C)c(C)n3)CC2)cc1C. The Morgan fingerprint density at radius 2 is 1.59 bits per heavy atom. The molecule has 11 heteroatoms. The van der Waals surface area contributed by atoms with E-state index in [2.05, 4.69) is 4.98 Å². The van der Waals surface area contributed by atoms with Gasteiger partial charge in [-0.3, -0.25) is 0 Å². The smallest absolute Gasteiger partial charge is 0.262 e. The van der Waals surface area contributed by atoms with Crippen molar-refractivity contribution >= 4 is 20.0 Å². The van der Waals surface area contributed by atoms with Gasteiger partial charge in [-0.1, -0.05) is 0 Å². The van der Waals surface area contributed by atoms with Gasteiger partial charge in [-0.15, -0.1) is 0 Å². The molecule has 0 saturated carbocycles. The minimum absolute atomic E-state index is 0.0143. The Labute approximate surface area is 172 Å². The number of nitrogens with zero attached hydrogens (tertiary/aromatic N) is 4. The molecule has 1 saturated heterocycles. The zero-order chi connectivity index (χ0) is 21.4. The lowest BCUT2D eigenvalue weighted by Gasteiger charge is -2.21. The summed E-state index contributed by atoms with van der Waals surface area (Å²) in [6, 6.07) is 4.71. The number of rotatable bonds is 5. The van der Waals surface area contributed by atoms with Gasteiger partial charge in [-0.05, 0) is 44.0 Å². The molecule has 1 fully saturated rings. The van der Waals surface area contributed by atoms with Crippen LogP contribution in [0.25, 0.3) is 0 Å². The number of benzene rings is 1. The lowest BCUT2D eigenvalue weighted by Crippen LogP contribution is -2.37. The summed E-state index contributed by atoms with van der Waals surface area (Å²) in [6.07, 6.45) is 1.88. The number of sulfonamides is 2. The number of ether oxygens (including phenoxy) is 1. The van der Waals surface area contributed by atoms with Crippen LogP contribution in [-0.4, -0.2) is 68.3 Å². The maximum atomic E-state index is 13.1. The Morgan fingerprint density at radius 3 is 2.10 bits per heavy atom. The number of aromatic nitrogens is 2. The quantitative estimate of drug-likeness (QED) is 0.688. The first-order valence-electron chi connectivity index (χ1n) is 9.22. The van der Waals surface area contributed by atoms with Crippen molar-refractivity contribution in [3.8, 4) is 5.75 Å². The van der Waals surface area contributed by atoms with E-state index in [4.69, 9.17) is 4.74 Å². The summed E-state index contributed by atoms with van der Waals surface area (Å²) in [5.74, 6) is 1.21. The van der Waals surface area contributed by atoms with E-state index >= 15 is 0 Å². The van der Waals surface area contributed by atoms with Crippen LogP contribution < -0.4 is 4.74 Å². The van der Waals surface area contributed by atoms with E-state index in [1.807, 2.05) is 0 Å². The van der Waals surface area contributed by atoms with E-state index < -0.39 is 20.0 Å². The van der Waals surface area contributed by atoms with E-state index in [1.165, 1.54) is 28.0 Å². The van der Waals surface area contributed by atoms with Crippen LogP contribution in [0.2, 0.25) is 0 Å². The van der Waals surface area contributed by atoms with Crippen LogP contribution in [-0.2, 0) is 27.1 Å². The van der Waals surface area contributed by atoms with E-state index in [1.54, 1.807) is 37.6 Å². The predicted octanol–water partition coefficient (Wildman–Crippen LogP) is 1.13. The van der Waals surface area contributed by atoms with Crippen LogP contribution in [0, 0.1) is 13.8 Å². The van der Waals surface area contributed by atoms with Gasteiger partial charge in [0.05, 0.1) is 12.0 Å². The highest BCUT2D eigenvalue weighted by Gasteiger charge is 2.33. The summed E-state index contributed by atoms with van der Waals surface area (Å²) in [4.78, 5) is 4.29. The van der Waals surface area contributed by atoms with Gasteiger partial charge in [0.1, 0.15) is 11.6 Å². The van der Waals surface area contributed by atoms with Crippen LogP contribution in [0.4, 0.5) is 0 Å². The summed E-state index contributed by atoms with van der Waals surface area (Å²) in [5.41, 5.74) is 0.720. The van der Waals surface area contributed by atoms with Gasteiger partial charge >= 0.3 is 0 Å². The molecule has 3 rings (SSSR count). The largest absolute Gasteiger partial charge is 0.496 e. The van der Waals surface area contributed by atoms with Crippen molar-refractivity contribution in [2.45, 2.75) is 30.2 Å². The molecule has 1 aromatic carbocycles. The Balaban J connectivity index is 1.81. The molecule has 0 unspecified atom stereocenters. The lowest BCUT2D eigenvalue weighted by molar-refractivity contribution is 0.402. The number of imidazole rings is 1. The van der Waals surface area contributed by atoms with Gasteiger partial charge in [0.2, 0.25) is 10.0 Å². The van der Waals surface area contributed by atoms with Crippen molar-refractivity contribution in [3.63, 3.8) is 0 Å². The van der Waals surface area contributed by atoms with Gasteiger partial charge in [0.25, 0.3) is 10.0 Å². The van der Waals surface area contributed by atoms with Gasteiger partial charge < -0.3 is 9.30 Å². The zero-order valence-corrected chi connectivity index (χ0v) is 18.6. The van der Waals surface area contributed by atoms with Crippen molar-refractivity contribution in [2.24, 2.45) is 7.05 Å². The van der Waals surface area contributed by atoms with E-state index in [0.29, 0.717) is 18.0 Å². The molecule has 0 N–H and O–H groups in total. The molecule has 1 aliphatic rings. The minimum atomic E-state index is -3.77. The van der Waals surface area contributed by atoms with Crippen LogP contribution in [0.3, 0.4) is 0 Å². The van der Waals surface area contributed by atoms with Gasteiger partial charge in [-0.25, -0.2) is 21.8 Å². The molecule has 9 nitrogen and oxygen atoms in total. The minimum Gasteiger partial charge on any atom is -0.496 e. The van der Waals surface area contributed by atoms with Crippen LogP contribution >= 0.6 is 0 Å². The highest BCUT2D eigenvalue weighted by Crippen LogP contribution is 2.25. The molecule has 0 spiro atoms. The van der Waals surface area contributed by atoms with Crippen LogP contribution in [0.1, 0.15) is 17.8 Å². The Kier molecular flexibility index (Phi) is 6.04. The Bertz CT molecular complexity index is 1090. The monoisotopic (exact) mass is 442 g/mol. The third kappa shape index (κ3) is 4.18.